The summed E-state index contributed by atoms with van der Waals surface area (Å²) in [5.74, 6) is 0.00218. The number of carbonyl (C=O) groups is 1. The molecule has 0 aliphatic heterocycles. The first-order chi connectivity index (χ1) is 7.06. The number of allylic oxidation sites excluding steroid dienone is 1. The van der Waals surface area contributed by atoms with E-state index in [4.69, 9.17) is 5.73 Å². The average Bonchev–Trinajstić information content (AvgIpc) is 2.24. The van der Waals surface area contributed by atoms with E-state index in [0.29, 0.717) is 13.0 Å². The lowest BCUT2D eigenvalue weighted by atomic mass is 10.1. The Hall–Kier alpha value is -1.09. The van der Waals surface area contributed by atoms with E-state index >= 15 is 0 Å². The molecule has 0 saturated heterocycles. The van der Waals surface area contributed by atoms with Gasteiger partial charge in [-0.25, -0.2) is 0 Å². The van der Waals surface area contributed by atoms with Gasteiger partial charge in [0.1, 0.15) is 0 Å². The van der Waals surface area contributed by atoms with Crippen LogP contribution in [0.4, 0.5) is 0 Å². The topological polar surface area (TPSA) is 46.3 Å². The van der Waals surface area contributed by atoms with Gasteiger partial charge in [-0.1, -0.05) is 31.7 Å². The van der Waals surface area contributed by atoms with Gasteiger partial charge in [-0.3, -0.25) is 4.79 Å². The van der Waals surface area contributed by atoms with Crippen LogP contribution in [-0.4, -0.2) is 29.9 Å². The maximum absolute atomic E-state index is 11.8. The summed E-state index contributed by atoms with van der Waals surface area (Å²) in [5, 5.41) is 0. The Labute approximate surface area is 92.6 Å². The van der Waals surface area contributed by atoms with E-state index in [-0.39, 0.29) is 5.91 Å². The van der Waals surface area contributed by atoms with Gasteiger partial charge in [-0.2, -0.15) is 0 Å². The normalized spacial score (nSPS) is 11.9. The predicted molar refractivity (Wildman–Crippen MR) is 64.5 cm³/mol. The average molecular weight is 210 g/mol. The zero-order valence-electron chi connectivity index (χ0n) is 9.83. The Balaban J connectivity index is 4.27. The molecule has 0 aromatic heterocycles. The molecule has 3 heteroatoms. The number of hydrogen-bond donors (Lipinski definition) is 1. The molecule has 1 atom stereocenters. The minimum absolute atomic E-state index is 0.00218. The van der Waals surface area contributed by atoms with Gasteiger partial charge < -0.3 is 10.6 Å². The van der Waals surface area contributed by atoms with Crippen molar-refractivity contribution in [2.24, 2.45) is 5.73 Å². The van der Waals surface area contributed by atoms with Gasteiger partial charge >= 0.3 is 0 Å². The molecule has 1 amide bonds. The molecule has 0 fully saturated rings. The van der Waals surface area contributed by atoms with Crippen LogP contribution in [0.2, 0.25) is 0 Å². The molecule has 0 aliphatic carbocycles. The highest BCUT2D eigenvalue weighted by Crippen LogP contribution is 2.05. The monoisotopic (exact) mass is 210 g/mol. The summed E-state index contributed by atoms with van der Waals surface area (Å²) in [5.41, 5.74) is 6.61. The van der Waals surface area contributed by atoms with E-state index in [1.165, 1.54) is 0 Å². The van der Waals surface area contributed by atoms with E-state index in [0.717, 1.165) is 18.5 Å². The standard InChI is InChI=1S/C12H22N2O/c1-5-8-14(7-3)12(15)11(13)9-10(4)6-2/h6,11H,2,4-5,7-9,13H2,1,3H3/t11-/m0/s1. The summed E-state index contributed by atoms with van der Waals surface area (Å²) >= 11 is 0. The molecule has 15 heavy (non-hydrogen) atoms. The molecule has 86 valence electrons. The van der Waals surface area contributed by atoms with Crippen LogP contribution >= 0.6 is 0 Å². The Kier molecular flexibility index (Phi) is 6.71. The van der Waals surface area contributed by atoms with Crippen LogP contribution in [0.5, 0.6) is 0 Å². The minimum Gasteiger partial charge on any atom is -0.342 e. The molecule has 0 rings (SSSR count). The molecular weight excluding hydrogens is 188 g/mol. The molecule has 0 aliphatic rings. The zero-order valence-corrected chi connectivity index (χ0v) is 9.83. The van der Waals surface area contributed by atoms with Gasteiger partial charge in [-0.15, -0.1) is 0 Å². The quantitative estimate of drug-likeness (QED) is 0.650. The van der Waals surface area contributed by atoms with Crippen molar-refractivity contribution in [2.75, 3.05) is 13.1 Å². The minimum atomic E-state index is -0.484. The summed E-state index contributed by atoms with van der Waals surface area (Å²) in [4.78, 5) is 13.6. The van der Waals surface area contributed by atoms with Crippen LogP contribution in [0.3, 0.4) is 0 Å². The summed E-state index contributed by atoms with van der Waals surface area (Å²) in [7, 11) is 0. The molecule has 0 unspecified atom stereocenters. The van der Waals surface area contributed by atoms with Gasteiger partial charge in [0.05, 0.1) is 6.04 Å². The lowest BCUT2D eigenvalue weighted by Gasteiger charge is -2.23. The number of amides is 1. The van der Waals surface area contributed by atoms with Gasteiger partial charge in [0, 0.05) is 13.1 Å². The Morgan fingerprint density at radius 1 is 1.53 bits per heavy atom. The van der Waals surface area contributed by atoms with Gasteiger partial charge in [-0.05, 0) is 19.8 Å². The second-order valence-corrected chi connectivity index (χ2v) is 3.59. The summed E-state index contributed by atoms with van der Waals surface area (Å²) in [6, 6.07) is -0.484. The fourth-order valence-corrected chi connectivity index (χ4v) is 1.38. The molecule has 0 heterocycles. The zero-order chi connectivity index (χ0) is 11.8. The van der Waals surface area contributed by atoms with Crippen LogP contribution in [0.15, 0.2) is 24.8 Å². The fourth-order valence-electron chi connectivity index (χ4n) is 1.38. The van der Waals surface area contributed by atoms with Crippen molar-refractivity contribution in [3.8, 4) is 0 Å². The van der Waals surface area contributed by atoms with Crippen LogP contribution < -0.4 is 5.73 Å². The highest BCUT2D eigenvalue weighted by atomic mass is 16.2. The van der Waals surface area contributed by atoms with Crippen molar-refractivity contribution in [2.45, 2.75) is 32.7 Å². The van der Waals surface area contributed by atoms with Gasteiger partial charge in [0.25, 0.3) is 0 Å². The highest BCUT2D eigenvalue weighted by Gasteiger charge is 2.18. The number of hydrogen-bond acceptors (Lipinski definition) is 2. The third-order valence-electron chi connectivity index (χ3n) is 2.27. The van der Waals surface area contributed by atoms with Crippen molar-refractivity contribution in [3.05, 3.63) is 24.8 Å². The lowest BCUT2D eigenvalue weighted by molar-refractivity contribution is -0.132. The number of rotatable bonds is 7. The van der Waals surface area contributed by atoms with Crippen molar-refractivity contribution >= 4 is 5.91 Å². The fraction of sp³-hybridized carbons (Fsp3) is 0.583. The van der Waals surface area contributed by atoms with E-state index in [1.807, 2.05) is 13.8 Å². The number of carbonyl (C=O) groups excluding carboxylic acids is 1. The van der Waals surface area contributed by atoms with E-state index in [2.05, 4.69) is 13.2 Å². The van der Waals surface area contributed by atoms with Crippen LogP contribution in [-0.2, 0) is 4.79 Å². The number of nitrogens with zero attached hydrogens (tertiary/aromatic N) is 1. The summed E-state index contributed by atoms with van der Waals surface area (Å²) in [6.07, 6.45) is 3.08. The van der Waals surface area contributed by atoms with Crippen LogP contribution in [0, 0.1) is 0 Å². The van der Waals surface area contributed by atoms with Crippen molar-refractivity contribution in [3.63, 3.8) is 0 Å². The molecule has 0 saturated carbocycles. The molecule has 0 radical (unpaired) electrons. The van der Waals surface area contributed by atoms with Crippen molar-refractivity contribution in [1.82, 2.24) is 4.90 Å². The Morgan fingerprint density at radius 3 is 2.53 bits per heavy atom. The second-order valence-electron chi connectivity index (χ2n) is 3.59. The maximum atomic E-state index is 11.8. The Morgan fingerprint density at radius 2 is 2.13 bits per heavy atom. The molecule has 2 N–H and O–H groups in total. The molecule has 0 spiro atoms. The van der Waals surface area contributed by atoms with E-state index in [1.54, 1.807) is 11.0 Å². The largest absolute Gasteiger partial charge is 0.342 e. The van der Waals surface area contributed by atoms with Crippen molar-refractivity contribution in [1.29, 1.82) is 0 Å². The second kappa shape index (κ2) is 7.23. The molecule has 0 bridgehead atoms. The van der Waals surface area contributed by atoms with Crippen LogP contribution in [0.25, 0.3) is 0 Å². The van der Waals surface area contributed by atoms with Crippen LogP contribution in [0.1, 0.15) is 26.7 Å². The maximum Gasteiger partial charge on any atom is 0.239 e. The van der Waals surface area contributed by atoms with Crippen molar-refractivity contribution < 1.29 is 4.79 Å². The first-order valence-corrected chi connectivity index (χ1v) is 5.41. The van der Waals surface area contributed by atoms with Gasteiger partial charge in [0.15, 0.2) is 0 Å². The summed E-state index contributed by atoms with van der Waals surface area (Å²) < 4.78 is 0. The van der Waals surface area contributed by atoms with E-state index in [9.17, 15) is 4.79 Å². The number of likely N-dealkylation sites (N-methyl/N-ethyl adjacent to an activating group) is 1. The predicted octanol–water partition coefficient (Wildman–Crippen LogP) is 1.70. The summed E-state index contributed by atoms with van der Waals surface area (Å²) in [6.45, 7) is 12.8. The smallest absolute Gasteiger partial charge is 0.239 e. The Bertz CT molecular complexity index is 236. The molecule has 3 nitrogen and oxygen atoms in total. The van der Waals surface area contributed by atoms with Gasteiger partial charge in [0.2, 0.25) is 5.91 Å². The molecular formula is C12H22N2O. The first-order valence-electron chi connectivity index (χ1n) is 5.41. The first kappa shape index (κ1) is 13.9. The third-order valence-corrected chi connectivity index (χ3v) is 2.27. The third kappa shape index (κ3) is 4.79. The highest BCUT2D eigenvalue weighted by molar-refractivity contribution is 5.82. The SMILES string of the molecule is C=CC(=C)C[C@H](N)C(=O)N(CC)CCC. The molecule has 0 aromatic carbocycles. The number of nitrogens with two attached hydrogens (primary N) is 1. The lowest BCUT2D eigenvalue weighted by Crippen LogP contribution is -2.44. The molecule has 0 aromatic rings. The van der Waals surface area contributed by atoms with E-state index < -0.39 is 6.04 Å².